The number of likely N-dealkylation sites (tertiary alicyclic amines) is 1. The summed E-state index contributed by atoms with van der Waals surface area (Å²) in [5, 5.41) is 0. The lowest BCUT2D eigenvalue weighted by Crippen LogP contribution is -2.38. The number of hydrogen-bond donors (Lipinski definition) is 1. The molecule has 1 saturated heterocycles. The molecule has 1 aromatic rings. The monoisotopic (exact) mass is 354 g/mol. The molecule has 2 aliphatic rings. The number of hydrogen-bond acceptors (Lipinski definition) is 4. The van der Waals surface area contributed by atoms with Crippen LogP contribution in [0.25, 0.3) is 0 Å². The van der Waals surface area contributed by atoms with Gasteiger partial charge in [0.15, 0.2) is 0 Å². The predicted octanol–water partition coefficient (Wildman–Crippen LogP) is 2.63. The van der Waals surface area contributed by atoms with Crippen molar-refractivity contribution in [2.45, 2.75) is 32.2 Å². The van der Waals surface area contributed by atoms with E-state index in [1.54, 1.807) is 14.2 Å². The van der Waals surface area contributed by atoms with Crippen molar-refractivity contribution in [1.82, 2.24) is 4.90 Å². The number of halogens is 1. The van der Waals surface area contributed by atoms with Gasteiger partial charge in [0, 0.05) is 30.3 Å². The van der Waals surface area contributed by atoms with Gasteiger partial charge in [-0.2, -0.15) is 0 Å². The standard InChI is InChI=1S/C18H26N2O3.ClH/c1-11-16(22-2)7-13(8-17(11)23-3)18(21)20-9-12-5-4-6-15(19)14(12)10-20;/h7-8,12,14-15H,4-6,9-10,19H2,1-3H3;1H. The van der Waals surface area contributed by atoms with Crippen LogP contribution in [0.15, 0.2) is 12.1 Å². The quantitative estimate of drug-likeness (QED) is 0.906. The summed E-state index contributed by atoms with van der Waals surface area (Å²) in [6.07, 6.45) is 3.44. The van der Waals surface area contributed by atoms with Gasteiger partial charge in [-0.3, -0.25) is 4.79 Å². The number of ether oxygens (including phenoxy) is 2. The molecule has 134 valence electrons. The van der Waals surface area contributed by atoms with E-state index >= 15 is 0 Å². The van der Waals surface area contributed by atoms with Gasteiger partial charge in [0.2, 0.25) is 0 Å². The van der Waals surface area contributed by atoms with Crippen LogP contribution in [0.5, 0.6) is 11.5 Å². The first kappa shape index (κ1) is 18.9. The lowest BCUT2D eigenvalue weighted by Gasteiger charge is -2.29. The molecule has 0 spiro atoms. The third-order valence-corrected chi connectivity index (χ3v) is 5.44. The topological polar surface area (TPSA) is 64.8 Å². The SMILES string of the molecule is COc1cc(C(=O)N2CC3CCCC(N)C3C2)cc(OC)c1C.Cl. The highest BCUT2D eigenvalue weighted by Crippen LogP contribution is 2.37. The Balaban J connectivity index is 0.00000208. The lowest BCUT2D eigenvalue weighted by atomic mass is 9.78. The van der Waals surface area contributed by atoms with Crippen molar-refractivity contribution in [1.29, 1.82) is 0 Å². The molecule has 3 atom stereocenters. The minimum absolute atomic E-state index is 0. The molecule has 2 fully saturated rings. The zero-order valence-corrected chi connectivity index (χ0v) is 15.4. The molecular formula is C18H27ClN2O3. The molecule has 3 rings (SSSR count). The van der Waals surface area contributed by atoms with Gasteiger partial charge in [-0.1, -0.05) is 6.42 Å². The smallest absolute Gasteiger partial charge is 0.254 e. The Morgan fingerprint density at radius 3 is 2.33 bits per heavy atom. The number of methoxy groups -OCH3 is 2. The average Bonchev–Trinajstić information content (AvgIpc) is 3.00. The first-order valence-corrected chi connectivity index (χ1v) is 8.32. The van der Waals surface area contributed by atoms with Crippen molar-refractivity contribution >= 4 is 18.3 Å². The molecule has 0 radical (unpaired) electrons. The van der Waals surface area contributed by atoms with Crippen LogP contribution in [0.1, 0.15) is 35.2 Å². The van der Waals surface area contributed by atoms with E-state index in [0.29, 0.717) is 28.9 Å². The number of carbonyl (C=O) groups excluding carboxylic acids is 1. The van der Waals surface area contributed by atoms with Crippen molar-refractivity contribution in [2.75, 3.05) is 27.3 Å². The van der Waals surface area contributed by atoms with Crippen LogP contribution >= 0.6 is 12.4 Å². The summed E-state index contributed by atoms with van der Waals surface area (Å²) in [6, 6.07) is 3.85. The molecule has 1 amide bonds. The molecule has 5 nitrogen and oxygen atoms in total. The van der Waals surface area contributed by atoms with Gasteiger partial charge < -0.3 is 20.1 Å². The van der Waals surface area contributed by atoms with E-state index in [-0.39, 0.29) is 24.4 Å². The van der Waals surface area contributed by atoms with Gasteiger partial charge in [0.1, 0.15) is 11.5 Å². The Labute approximate surface area is 149 Å². The summed E-state index contributed by atoms with van der Waals surface area (Å²) in [5.41, 5.74) is 7.78. The normalized spacial score (nSPS) is 25.7. The molecule has 1 saturated carbocycles. The number of fused-ring (bicyclic) bond motifs is 1. The summed E-state index contributed by atoms with van der Waals surface area (Å²) in [5.74, 6) is 2.41. The fourth-order valence-corrected chi connectivity index (χ4v) is 4.07. The van der Waals surface area contributed by atoms with Gasteiger partial charge in [-0.05, 0) is 43.7 Å². The van der Waals surface area contributed by atoms with Crippen molar-refractivity contribution in [3.63, 3.8) is 0 Å². The number of benzene rings is 1. The Morgan fingerprint density at radius 2 is 1.79 bits per heavy atom. The van der Waals surface area contributed by atoms with Crippen LogP contribution in [0.2, 0.25) is 0 Å². The Hall–Kier alpha value is -1.46. The highest BCUT2D eigenvalue weighted by Gasteiger charge is 2.40. The molecule has 1 aliphatic heterocycles. The summed E-state index contributed by atoms with van der Waals surface area (Å²) in [4.78, 5) is 14.9. The van der Waals surface area contributed by atoms with E-state index in [9.17, 15) is 4.79 Å². The first-order chi connectivity index (χ1) is 11.0. The molecule has 2 N–H and O–H groups in total. The van der Waals surface area contributed by atoms with E-state index < -0.39 is 0 Å². The molecule has 24 heavy (non-hydrogen) atoms. The number of nitrogens with two attached hydrogens (primary N) is 1. The average molecular weight is 355 g/mol. The molecule has 0 aromatic heterocycles. The number of nitrogens with zero attached hydrogens (tertiary/aromatic N) is 1. The van der Waals surface area contributed by atoms with Gasteiger partial charge in [0.25, 0.3) is 5.91 Å². The number of rotatable bonds is 3. The van der Waals surface area contributed by atoms with Crippen molar-refractivity contribution in [2.24, 2.45) is 17.6 Å². The third-order valence-electron chi connectivity index (χ3n) is 5.44. The first-order valence-electron chi connectivity index (χ1n) is 8.32. The maximum atomic E-state index is 12.9. The second-order valence-corrected chi connectivity index (χ2v) is 6.73. The largest absolute Gasteiger partial charge is 0.496 e. The van der Waals surface area contributed by atoms with E-state index in [4.69, 9.17) is 15.2 Å². The van der Waals surface area contributed by atoms with E-state index in [1.165, 1.54) is 12.8 Å². The molecule has 1 heterocycles. The Kier molecular flexibility index (Phi) is 5.99. The predicted molar refractivity (Wildman–Crippen MR) is 96.2 cm³/mol. The highest BCUT2D eigenvalue weighted by molar-refractivity contribution is 5.95. The fraction of sp³-hybridized carbons (Fsp3) is 0.611. The molecule has 1 aromatic carbocycles. The minimum Gasteiger partial charge on any atom is -0.496 e. The van der Waals surface area contributed by atoms with E-state index in [0.717, 1.165) is 25.1 Å². The van der Waals surface area contributed by atoms with Gasteiger partial charge >= 0.3 is 0 Å². The van der Waals surface area contributed by atoms with E-state index in [2.05, 4.69) is 0 Å². The van der Waals surface area contributed by atoms with Gasteiger partial charge in [0.05, 0.1) is 14.2 Å². The van der Waals surface area contributed by atoms with E-state index in [1.807, 2.05) is 24.0 Å². The minimum atomic E-state index is 0. The molecule has 3 unspecified atom stereocenters. The van der Waals surface area contributed by atoms with Crippen LogP contribution in [0, 0.1) is 18.8 Å². The summed E-state index contributed by atoms with van der Waals surface area (Å²) in [7, 11) is 3.22. The fourth-order valence-electron chi connectivity index (χ4n) is 4.07. The van der Waals surface area contributed by atoms with Crippen LogP contribution in [-0.4, -0.2) is 44.2 Å². The third kappa shape index (κ3) is 3.33. The maximum Gasteiger partial charge on any atom is 0.254 e. The number of amides is 1. The Morgan fingerprint density at radius 1 is 1.17 bits per heavy atom. The molecule has 0 bridgehead atoms. The van der Waals surface area contributed by atoms with Crippen molar-refractivity contribution < 1.29 is 14.3 Å². The van der Waals surface area contributed by atoms with Crippen molar-refractivity contribution in [3.8, 4) is 11.5 Å². The highest BCUT2D eigenvalue weighted by atomic mass is 35.5. The lowest BCUT2D eigenvalue weighted by molar-refractivity contribution is 0.0782. The van der Waals surface area contributed by atoms with Crippen molar-refractivity contribution in [3.05, 3.63) is 23.3 Å². The zero-order chi connectivity index (χ0) is 16.6. The molecule has 6 heteroatoms. The molecule has 1 aliphatic carbocycles. The number of carbonyl (C=O) groups is 1. The Bertz CT molecular complexity index is 583. The van der Waals surface area contributed by atoms with Crippen LogP contribution in [-0.2, 0) is 0 Å². The van der Waals surface area contributed by atoms with Gasteiger partial charge in [-0.25, -0.2) is 0 Å². The molecular weight excluding hydrogens is 328 g/mol. The summed E-state index contributed by atoms with van der Waals surface area (Å²) >= 11 is 0. The second-order valence-electron chi connectivity index (χ2n) is 6.73. The van der Waals surface area contributed by atoms with Crippen LogP contribution in [0.4, 0.5) is 0 Å². The summed E-state index contributed by atoms with van der Waals surface area (Å²) in [6.45, 7) is 3.51. The van der Waals surface area contributed by atoms with Gasteiger partial charge in [-0.15, -0.1) is 12.4 Å². The zero-order valence-electron chi connectivity index (χ0n) is 14.6. The second kappa shape index (κ2) is 7.62. The van der Waals surface area contributed by atoms with Crippen LogP contribution in [0.3, 0.4) is 0 Å². The summed E-state index contributed by atoms with van der Waals surface area (Å²) < 4.78 is 10.8. The van der Waals surface area contributed by atoms with Crippen LogP contribution < -0.4 is 15.2 Å². The maximum absolute atomic E-state index is 12.9.